The molecule has 2 amide bonds. The van der Waals surface area contributed by atoms with Gasteiger partial charge in [0.1, 0.15) is 0 Å². The molecular weight excluding hydrogens is 791 g/mol. The SMILES string of the molecule is C[C@@H]1[C@@H]([Si](C)(C)F)[C@H](CCn2cc(C(CO)c3ccccc3)nn2)O[C@@]12C(=O)N(Cc1ccc(NC(=O)Cc3c[nH]c4ccccc34)cc1)c1ccc(Br)cc12. The van der Waals surface area contributed by atoms with E-state index in [0.717, 1.165) is 43.3 Å². The van der Waals surface area contributed by atoms with Crippen LogP contribution >= 0.6 is 15.9 Å². The van der Waals surface area contributed by atoms with E-state index < -0.39 is 31.6 Å². The number of aromatic nitrogens is 4. The van der Waals surface area contributed by atoms with Crippen LogP contribution in [0, 0.1) is 5.92 Å². The molecule has 6 aromatic rings. The molecule has 0 bridgehead atoms. The van der Waals surface area contributed by atoms with E-state index in [-0.39, 0.29) is 37.3 Å². The highest BCUT2D eigenvalue weighted by molar-refractivity contribution is 9.10. The molecule has 1 spiro atoms. The van der Waals surface area contributed by atoms with Crippen molar-refractivity contribution >= 4 is 58.4 Å². The molecule has 288 valence electrons. The molecule has 4 heterocycles. The lowest BCUT2D eigenvalue weighted by Gasteiger charge is -2.31. The number of aromatic amines is 1. The number of fused-ring (bicyclic) bond motifs is 3. The third-order valence-electron chi connectivity index (χ3n) is 11.5. The minimum Gasteiger partial charge on any atom is -0.395 e. The molecule has 0 aliphatic carbocycles. The number of H-pyrrole nitrogens is 1. The van der Waals surface area contributed by atoms with Crippen LogP contribution in [0.4, 0.5) is 15.5 Å². The highest BCUT2D eigenvalue weighted by atomic mass is 79.9. The number of carbonyl (C=O) groups excluding carboxylic acids is 2. The molecule has 5 atom stereocenters. The van der Waals surface area contributed by atoms with Crippen LogP contribution in [0.3, 0.4) is 0 Å². The summed E-state index contributed by atoms with van der Waals surface area (Å²) in [6.07, 6.45) is 3.81. The number of aryl methyl sites for hydroxylation is 1. The highest BCUT2D eigenvalue weighted by Gasteiger charge is 2.66. The summed E-state index contributed by atoms with van der Waals surface area (Å²) in [6.45, 7) is 5.92. The van der Waals surface area contributed by atoms with Crippen LogP contribution in [0.5, 0.6) is 0 Å². The molecule has 0 saturated carbocycles. The third-order valence-corrected chi connectivity index (χ3v) is 14.4. The zero-order valence-corrected chi connectivity index (χ0v) is 34.0. The van der Waals surface area contributed by atoms with Crippen molar-refractivity contribution in [3.8, 4) is 0 Å². The second-order valence-corrected chi connectivity index (χ2v) is 20.2. The number of nitrogens with one attached hydrogen (secondary N) is 2. The number of rotatable bonds is 12. The third kappa shape index (κ3) is 7.01. The topological polar surface area (TPSA) is 125 Å². The average molecular weight is 836 g/mol. The Morgan fingerprint density at radius 3 is 2.57 bits per heavy atom. The van der Waals surface area contributed by atoms with Gasteiger partial charge in [0.2, 0.25) is 14.3 Å². The fraction of sp³-hybridized carbons (Fsp3) is 0.302. The number of hydrogen-bond acceptors (Lipinski definition) is 6. The van der Waals surface area contributed by atoms with Crippen molar-refractivity contribution in [1.29, 1.82) is 0 Å². The van der Waals surface area contributed by atoms with Gasteiger partial charge in [-0.2, -0.15) is 0 Å². The summed E-state index contributed by atoms with van der Waals surface area (Å²) in [4.78, 5) is 32.8. The lowest BCUT2D eigenvalue weighted by Crippen LogP contribution is -2.45. The number of anilines is 2. The molecule has 1 fully saturated rings. The fourth-order valence-electron chi connectivity index (χ4n) is 8.88. The molecule has 1 unspecified atom stereocenters. The van der Waals surface area contributed by atoms with Crippen LogP contribution in [0.2, 0.25) is 18.6 Å². The van der Waals surface area contributed by atoms with E-state index in [1.165, 1.54) is 0 Å². The number of benzene rings is 4. The zero-order valence-electron chi connectivity index (χ0n) is 31.5. The number of nitrogens with zero attached hydrogens (tertiary/aromatic N) is 4. The molecule has 3 N–H and O–H groups in total. The number of amides is 2. The monoisotopic (exact) mass is 834 g/mol. The minimum atomic E-state index is -3.38. The number of para-hydroxylation sites is 1. The van der Waals surface area contributed by atoms with E-state index >= 15 is 4.11 Å². The van der Waals surface area contributed by atoms with E-state index in [9.17, 15) is 14.7 Å². The quantitative estimate of drug-likeness (QED) is 0.0843. The van der Waals surface area contributed by atoms with E-state index in [4.69, 9.17) is 4.74 Å². The van der Waals surface area contributed by atoms with Gasteiger partial charge in [0, 0.05) is 57.0 Å². The van der Waals surface area contributed by atoms with Crippen molar-refractivity contribution < 1.29 is 23.5 Å². The Morgan fingerprint density at radius 2 is 1.82 bits per heavy atom. The summed E-state index contributed by atoms with van der Waals surface area (Å²) in [5.74, 6) is -1.09. The molecule has 56 heavy (non-hydrogen) atoms. The Hall–Kier alpha value is -4.95. The molecule has 2 aliphatic heterocycles. The second-order valence-electron chi connectivity index (χ2n) is 15.4. The first kappa shape index (κ1) is 37.9. The summed E-state index contributed by atoms with van der Waals surface area (Å²) in [5.41, 5.74) is 4.66. The summed E-state index contributed by atoms with van der Waals surface area (Å²) in [7, 11) is -3.38. The number of hydrogen-bond donors (Lipinski definition) is 3. The van der Waals surface area contributed by atoms with E-state index in [0.29, 0.717) is 24.3 Å². The maximum Gasteiger partial charge on any atom is 0.264 e. The maximum absolute atomic E-state index is 16.5. The molecule has 1 saturated heterocycles. The van der Waals surface area contributed by atoms with Gasteiger partial charge in [-0.25, -0.2) is 0 Å². The number of aliphatic hydroxyl groups is 1. The minimum absolute atomic E-state index is 0.112. The Labute approximate surface area is 334 Å². The Bertz CT molecular complexity index is 2380. The van der Waals surface area contributed by atoms with Gasteiger partial charge in [-0.05, 0) is 72.6 Å². The maximum atomic E-state index is 16.5. The molecule has 13 heteroatoms. The number of ether oxygens (including phenoxy) is 1. The number of halogens is 2. The van der Waals surface area contributed by atoms with Gasteiger partial charge in [0.15, 0.2) is 5.60 Å². The zero-order chi connectivity index (χ0) is 39.2. The van der Waals surface area contributed by atoms with E-state index in [2.05, 4.69) is 36.5 Å². The first-order valence-corrected chi connectivity index (χ1v) is 22.7. The van der Waals surface area contributed by atoms with Gasteiger partial charge < -0.3 is 29.2 Å². The van der Waals surface area contributed by atoms with Crippen LogP contribution in [0.15, 0.2) is 114 Å². The Kier molecular flexibility index (Phi) is 10.3. The molecule has 8 rings (SSSR count). The van der Waals surface area contributed by atoms with Gasteiger partial charge in [-0.3, -0.25) is 14.3 Å². The fourth-order valence-corrected chi connectivity index (χ4v) is 11.8. The first-order valence-electron chi connectivity index (χ1n) is 18.9. The summed E-state index contributed by atoms with van der Waals surface area (Å²) in [5, 5.41) is 22.9. The first-order chi connectivity index (χ1) is 27.0. The van der Waals surface area contributed by atoms with Crippen molar-refractivity contribution in [3.05, 3.63) is 142 Å². The van der Waals surface area contributed by atoms with Gasteiger partial charge in [-0.15, -0.1) is 5.10 Å². The highest BCUT2D eigenvalue weighted by Crippen LogP contribution is 2.60. The summed E-state index contributed by atoms with van der Waals surface area (Å²) >= 11 is 3.62. The largest absolute Gasteiger partial charge is 0.395 e. The van der Waals surface area contributed by atoms with Crippen LogP contribution < -0.4 is 10.2 Å². The van der Waals surface area contributed by atoms with Gasteiger partial charge in [0.05, 0.1) is 43.0 Å². The van der Waals surface area contributed by atoms with Crippen molar-refractivity contribution in [3.63, 3.8) is 0 Å². The Morgan fingerprint density at radius 1 is 1.07 bits per heavy atom. The van der Waals surface area contributed by atoms with Gasteiger partial charge in [-0.1, -0.05) is 88.7 Å². The molecule has 4 aromatic carbocycles. The van der Waals surface area contributed by atoms with Crippen LogP contribution in [0.1, 0.15) is 47.2 Å². The van der Waals surface area contributed by atoms with Crippen LogP contribution in [0.25, 0.3) is 10.9 Å². The van der Waals surface area contributed by atoms with Crippen molar-refractivity contribution in [2.24, 2.45) is 5.92 Å². The van der Waals surface area contributed by atoms with E-state index in [1.807, 2.05) is 116 Å². The lowest BCUT2D eigenvalue weighted by molar-refractivity contribution is -0.146. The Balaban J connectivity index is 1.00. The normalized spacial score (nSPS) is 21.2. The summed E-state index contributed by atoms with van der Waals surface area (Å²) in [6, 6.07) is 30.8. The van der Waals surface area contributed by atoms with Crippen LogP contribution in [-0.2, 0) is 39.4 Å². The second kappa shape index (κ2) is 15.2. The van der Waals surface area contributed by atoms with Crippen molar-refractivity contribution in [1.82, 2.24) is 20.0 Å². The molecular formula is C43H44BrFN6O4Si. The molecule has 2 aliphatic rings. The predicted octanol–water partition coefficient (Wildman–Crippen LogP) is 8.24. The van der Waals surface area contributed by atoms with Crippen molar-refractivity contribution in [2.75, 3.05) is 16.8 Å². The van der Waals surface area contributed by atoms with Gasteiger partial charge in [0.25, 0.3) is 5.91 Å². The lowest BCUT2D eigenvalue weighted by atomic mass is 9.82. The van der Waals surface area contributed by atoms with Crippen molar-refractivity contribution in [2.45, 2.75) is 69.1 Å². The number of aliphatic hydroxyl groups excluding tert-OH is 1. The summed E-state index contributed by atoms with van der Waals surface area (Å²) < 4.78 is 25.9. The molecule has 0 radical (unpaired) electrons. The van der Waals surface area contributed by atoms with Gasteiger partial charge >= 0.3 is 0 Å². The molecule has 2 aromatic heterocycles. The molecule has 10 nitrogen and oxygen atoms in total. The standard InChI is InChI=1S/C43H44BrFN6O4Si/c1-27-41(56(2,3)45)39(19-20-50-25-37(48-49-50)34(26-52)29-9-5-4-6-10-29)55-43(27)35-22-31(44)15-18-38(35)51(42(43)54)24-28-13-16-32(17-14-28)47-40(53)21-30-23-46-36-12-8-7-11-33(30)36/h4-18,22-23,25,27,34,39,41,46,52H,19-21,24,26H2,1-3H3,(H,47,53)/t27-,34?,39+,41-,43+/m1/s1. The average Bonchev–Trinajstić information content (AvgIpc) is 3.94. The van der Waals surface area contributed by atoms with Crippen LogP contribution in [-0.4, -0.2) is 58.0 Å². The predicted molar refractivity (Wildman–Crippen MR) is 220 cm³/mol. The van der Waals surface area contributed by atoms with E-state index in [1.54, 1.807) is 22.7 Å². The number of carbonyl (C=O) groups is 2. The smallest absolute Gasteiger partial charge is 0.264 e.